The van der Waals surface area contributed by atoms with Crippen LogP contribution in [-0.2, 0) is 6.54 Å². The van der Waals surface area contributed by atoms with E-state index < -0.39 is 0 Å². The van der Waals surface area contributed by atoms with Crippen LogP contribution in [0.4, 0.5) is 5.82 Å². The van der Waals surface area contributed by atoms with Crippen molar-refractivity contribution in [3.63, 3.8) is 0 Å². The third kappa shape index (κ3) is 4.43. The van der Waals surface area contributed by atoms with Crippen LogP contribution < -0.4 is 10.6 Å². The summed E-state index contributed by atoms with van der Waals surface area (Å²) in [4.78, 5) is 20.3. The summed E-state index contributed by atoms with van der Waals surface area (Å²) in [6.45, 7) is 3.20. The summed E-state index contributed by atoms with van der Waals surface area (Å²) >= 11 is 6.05. The summed E-state index contributed by atoms with van der Waals surface area (Å²) in [5, 5.41) is 6.51. The molecule has 0 saturated heterocycles. The van der Waals surface area contributed by atoms with Gasteiger partial charge in [-0.25, -0.2) is 4.98 Å². The lowest BCUT2D eigenvalue weighted by Gasteiger charge is -2.08. The highest BCUT2D eigenvalue weighted by molar-refractivity contribution is 6.31. The van der Waals surface area contributed by atoms with Crippen LogP contribution in [0.1, 0.15) is 29.4 Å². The molecule has 0 radical (unpaired) electrons. The highest BCUT2D eigenvalue weighted by Crippen LogP contribution is 2.14. The van der Waals surface area contributed by atoms with Gasteiger partial charge in [-0.05, 0) is 18.1 Å². The Bertz CT molecular complexity index is 618. The summed E-state index contributed by atoms with van der Waals surface area (Å²) in [6.07, 6.45) is 4.02. The molecule has 110 valence electrons. The molecule has 21 heavy (non-hydrogen) atoms. The molecule has 1 aromatic heterocycles. The summed E-state index contributed by atoms with van der Waals surface area (Å²) in [6, 6.07) is 7.39. The molecule has 6 heteroatoms. The van der Waals surface area contributed by atoms with E-state index in [-0.39, 0.29) is 11.6 Å². The molecule has 1 amide bonds. The maximum atomic E-state index is 12.1. The van der Waals surface area contributed by atoms with Gasteiger partial charge in [0.1, 0.15) is 11.5 Å². The average Bonchev–Trinajstić information content (AvgIpc) is 2.52. The van der Waals surface area contributed by atoms with E-state index in [9.17, 15) is 4.79 Å². The smallest absolute Gasteiger partial charge is 0.271 e. The van der Waals surface area contributed by atoms with Crippen LogP contribution in [0.2, 0.25) is 5.02 Å². The lowest BCUT2D eigenvalue weighted by atomic mass is 10.2. The Morgan fingerprint density at radius 3 is 2.86 bits per heavy atom. The Morgan fingerprint density at radius 1 is 1.29 bits per heavy atom. The van der Waals surface area contributed by atoms with E-state index in [1.165, 1.54) is 6.20 Å². The number of hydrogen-bond donors (Lipinski definition) is 2. The molecule has 2 N–H and O–H groups in total. The van der Waals surface area contributed by atoms with E-state index >= 15 is 0 Å². The second-order valence-electron chi connectivity index (χ2n) is 4.49. The van der Waals surface area contributed by atoms with Crippen LogP contribution in [0.5, 0.6) is 0 Å². The van der Waals surface area contributed by atoms with Crippen LogP contribution in [0, 0.1) is 0 Å². The Balaban J connectivity index is 1.98. The molecule has 5 nitrogen and oxygen atoms in total. The maximum absolute atomic E-state index is 12.1. The quantitative estimate of drug-likeness (QED) is 0.861. The fraction of sp³-hybridized carbons (Fsp3) is 0.267. The van der Waals surface area contributed by atoms with E-state index in [1.807, 2.05) is 18.2 Å². The number of carbonyl (C=O) groups is 1. The summed E-state index contributed by atoms with van der Waals surface area (Å²) < 4.78 is 0. The zero-order valence-electron chi connectivity index (χ0n) is 11.8. The van der Waals surface area contributed by atoms with Gasteiger partial charge in [0.05, 0.1) is 12.4 Å². The molecule has 0 bridgehead atoms. The molecule has 2 rings (SSSR count). The molecule has 1 heterocycles. The Labute approximate surface area is 128 Å². The maximum Gasteiger partial charge on any atom is 0.271 e. The number of amides is 1. The van der Waals surface area contributed by atoms with E-state index in [4.69, 9.17) is 11.6 Å². The lowest BCUT2D eigenvalue weighted by molar-refractivity contribution is 0.0945. The Morgan fingerprint density at radius 2 is 2.10 bits per heavy atom. The van der Waals surface area contributed by atoms with Gasteiger partial charge < -0.3 is 10.6 Å². The number of benzene rings is 1. The van der Waals surface area contributed by atoms with Gasteiger partial charge in [0.15, 0.2) is 0 Å². The van der Waals surface area contributed by atoms with Crippen molar-refractivity contribution in [1.82, 2.24) is 15.3 Å². The molecule has 0 saturated carbocycles. The third-order valence-electron chi connectivity index (χ3n) is 2.82. The van der Waals surface area contributed by atoms with Gasteiger partial charge in [-0.1, -0.05) is 36.7 Å². The van der Waals surface area contributed by atoms with Gasteiger partial charge >= 0.3 is 0 Å². The second kappa shape index (κ2) is 7.59. The monoisotopic (exact) mass is 304 g/mol. The van der Waals surface area contributed by atoms with Crippen LogP contribution in [0.15, 0.2) is 36.7 Å². The molecule has 0 atom stereocenters. The van der Waals surface area contributed by atoms with Crippen molar-refractivity contribution >= 4 is 23.3 Å². The van der Waals surface area contributed by atoms with Crippen LogP contribution in [-0.4, -0.2) is 22.4 Å². The van der Waals surface area contributed by atoms with E-state index in [0.717, 1.165) is 18.5 Å². The number of hydrogen-bond acceptors (Lipinski definition) is 4. The molecule has 0 aliphatic carbocycles. The minimum absolute atomic E-state index is 0.275. The first-order valence-electron chi connectivity index (χ1n) is 6.78. The van der Waals surface area contributed by atoms with E-state index in [2.05, 4.69) is 27.5 Å². The first-order chi connectivity index (χ1) is 10.2. The molecular formula is C15H17ClN4O. The molecule has 0 fully saturated rings. The highest BCUT2D eigenvalue weighted by atomic mass is 35.5. The van der Waals surface area contributed by atoms with Gasteiger partial charge in [-0.3, -0.25) is 9.78 Å². The summed E-state index contributed by atoms with van der Waals surface area (Å²) in [7, 11) is 0. The minimum Gasteiger partial charge on any atom is -0.369 e. The summed E-state index contributed by atoms with van der Waals surface area (Å²) in [5.74, 6) is 0.324. The third-order valence-corrected chi connectivity index (χ3v) is 3.19. The van der Waals surface area contributed by atoms with Crippen molar-refractivity contribution in [2.24, 2.45) is 0 Å². The average molecular weight is 305 g/mol. The zero-order valence-corrected chi connectivity index (χ0v) is 12.5. The minimum atomic E-state index is -0.275. The van der Waals surface area contributed by atoms with E-state index in [1.54, 1.807) is 12.3 Å². The predicted octanol–water partition coefficient (Wildman–Crippen LogP) is 2.88. The highest BCUT2D eigenvalue weighted by Gasteiger charge is 2.09. The normalized spacial score (nSPS) is 10.2. The summed E-state index contributed by atoms with van der Waals surface area (Å²) in [5.41, 5.74) is 1.14. The lowest BCUT2D eigenvalue weighted by Crippen LogP contribution is -2.24. The predicted molar refractivity (Wildman–Crippen MR) is 83.4 cm³/mol. The Kier molecular flexibility index (Phi) is 5.51. The number of anilines is 1. The van der Waals surface area contributed by atoms with Crippen LogP contribution >= 0.6 is 11.6 Å². The van der Waals surface area contributed by atoms with Crippen molar-refractivity contribution in [2.75, 3.05) is 11.9 Å². The van der Waals surface area contributed by atoms with Crippen LogP contribution in [0.25, 0.3) is 0 Å². The molecule has 0 aliphatic rings. The van der Waals surface area contributed by atoms with Gasteiger partial charge in [-0.15, -0.1) is 0 Å². The molecule has 0 unspecified atom stereocenters. The number of carbonyl (C=O) groups excluding carboxylic acids is 1. The number of nitrogens with zero attached hydrogens (tertiary/aromatic N) is 2. The number of halogens is 1. The molecule has 0 spiro atoms. The number of nitrogens with one attached hydrogen (secondary N) is 2. The van der Waals surface area contributed by atoms with Crippen molar-refractivity contribution < 1.29 is 4.79 Å². The second-order valence-corrected chi connectivity index (χ2v) is 4.90. The van der Waals surface area contributed by atoms with Gasteiger partial charge in [0, 0.05) is 18.1 Å². The largest absolute Gasteiger partial charge is 0.369 e. The molecular weight excluding hydrogens is 288 g/mol. The zero-order chi connectivity index (χ0) is 15.1. The molecule has 1 aromatic carbocycles. The van der Waals surface area contributed by atoms with Gasteiger partial charge in [0.25, 0.3) is 5.91 Å². The number of rotatable bonds is 6. The van der Waals surface area contributed by atoms with Crippen molar-refractivity contribution in [3.05, 3.63) is 52.9 Å². The number of aromatic nitrogens is 2. The fourth-order valence-electron chi connectivity index (χ4n) is 1.72. The fourth-order valence-corrected chi connectivity index (χ4v) is 1.92. The van der Waals surface area contributed by atoms with Crippen molar-refractivity contribution in [1.29, 1.82) is 0 Å². The molecule has 2 aromatic rings. The van der Waals surface area contributed by atoms with Gasteiger partial charge in [0.2, 0.25) is 0 Å². The molecule has 0 aliphatic heterocycles. The Hall–Kier alpha value is -2.14. The van der Waals surface area contributed by atoms with Crippen molar-refractivity contribution in [3.8, 4) is 0 Å². The van der Waals surface area contributed by atoms with Gasteiger partial charge in [-0.2, -0.15) is 0 Å². The first kappa shape index (κ1) is 15.3. The van der Waals surface area contributed by atoms with E-state index in [0.29, 0.717) is 17.4 Å². The SMILES string of the molecule is CCCNc1cncc(C(=O)NCc2ccccc2Cl)n1. The van der Waals surface area contributed by atoms with Crippen molar-refractivity contribution in [2.45, 2.75) is 19.9 Å². The van der Waals surface area contributed by atoms with Crippen LogP contribution in [0.3, 0.4) is 0 Å². The topological polar surface area (TPSA) is 66.9 Å². The first-order valence-corrected chi connectivity index (χ1v) is 7.16. The standard InChI is InChI=1S/C15H17ClN4O/c1-2-7-18-14-10-17-9-13(20-14)15(21)19-8-11-5-3-4-6-12(11)16/h3-6,9-10H,2,7-8H2,1H3,(H,18,20)(H,19,21).